The minimum Gasteiger partial charge on any atom is -0.497 e. The van der Waals surface area contributed by atoms with Crippen molar-refractivity contribution in [1.29, 1.82) is 0 Å². The van der Waals surface area contributed by atoms with Crippen molar-refractivity contribution in [2.24, 2.45) is 11.0 Å². The van der Waals surface area contributed by atoms with E-state index in [0.717, 1.165) is 54.9 Å². The van der Waals surface area contributed by atoms with Crippen LogP contribution in [0.4, 0.5) is 0 Å². The average molecular weight is 498 g/mol. The number of amides is 1. The molecule has 6 nitrogen and oxygen atoms in total. The maximum Gasteiger partial charge on any atom is 0.257 e. The van der Waals surface area contributed by atoms with Crippen LogP contribution in [-0.2, 0) is 11.2 Å². The lowest BCUT2D eigenvalue weighted by Gasteiger charge is -2.33. The lowest BCUT2D eigenvalue weighted by atomic mass is 9.90. The Morgan fingerprint density at radius 1 is 0.919 bits per heavy atom. The Balaban J connectivity index is 1.30. The lowest BCUT2D eigenvalue weighted by molar-refractivity contribution is -0.134. The second-order valence-electron chi connectivity index (χ2n) is 9.89. The fourth-order valence-electron chi connectivity index (χ4n) is 5.43. The predicted octanol–water partition coefficient (Wildman–Crippen LogP) is 5.34. The zero-order valence-electron chi connectivity index (χ0n) is 21.7. The average Bonchev–Trinajstić information content (AvgIpc) is 3.40. The standard InChI is InChI=1S/C31H35N3O3/c1-36-26-13-14-27(30(20-26)37-2)28-21-29(25-11-7-4-8-12-25)34(32-28)31(35)22-33-17-15-24(16-18-33)19-23-9-5-3-6-10-23/h3-14,20,24,29H,15-19,21-22H2,1-2H3/t29-/m0/s1. The molecule has 2 aliphatic rings. The summed E-state index contributed by atoms with van der Waals surface area (Å²) in [6.07, 6.45) is 3.98. The molecule has 3 aromatic rings. The number of likely N-dealkylation sites (tertiary alicyclic amines) is 1. The van der Waals surface area contributed by atoms with Crippen molar-refractivity contribution in [3.05, 3.63) is 95.6 Å². The second kappa shape index (κ2) is 11.6. The number of carbonyl (C=O) groups is 1. The van der Waals surface area contributed by atoms with E-state index in [-0.39, 0.29) is 11.9 Å². The van der Waals surface area contributed by atoms with E-state index in [9.17, 15) is 4.79 Å². The molecule has 37 heavy (non-hydrogen) atoms. The predicted molar refractivity (Wildman–Crippen MR) is 146 cm³/mol. The van der Waals surface area contributed by atoms with Crippen molar-refractivity contribution in [2.75, 3.05) is 33.9 Å². The largest absolute Gasteiger partial charge is 0.497 e. The third-order valence-electron chi connectivity index (χ3n) is 7.50. The van der Waals surface area contributed by atoms with E-state index in [2.05, 4.69) is 47.4 Å². The van der Waals surface area contributed by atoms with E-state index in [0.29, 0.717) is 24.6 Å². The number of carbonyl (C=O) groups excluding carboxylic acids is 1. The van der Waals surface area contributed by atoms with Gasteiger partial charge < -0.3 is 9.47 Å². The summed E-state index contributed by atoms with van der Waals surface area (Å²) in [5.41, 5.74) is 4.23. The Morgan fingerprint density at radius 2 is 1.62 bits per heavy atom. The smallest absolute Gasteiger partial charge is 0.257 e. The Morgan fingerprint density at radius 3 is 2.30 bits per heavy atom. The van der Waals surface area contributed by atoms with Crippen molar-refractivity contribution in [3.8, 4) is 11.5 Å². The summed E-state index contributed by atoms with van der Waals surface area (Å²) >= 11 is 0. The molecule has 0 aromatic heterocycles. The zero-order valence-corrected chi connectivity index (χ0v) is 21.7. The molecule has 0 N–H and O–H groups in total. The highest BCUT2D eigenvalue weighted by atomic mass is 16.5. The van der Waals surface area contributed by atoms with Gasteiger partial charge in [0, 0.05) is 18.1 Å². The van der Waals surface area contributed by atoms with Gasteiger partial charge in [-0.05, 0) is 61.5 Å². The van der Waals surface area contributed by atoms with Gasteiger partial charge in [-0.25, -0.2) is 5.01 Å². The number of benzene rings is 3. The maximum atomic E-state index is 13.6. The minimum atomic E-state index is -0.133. The van der Waals surface area contributed by atoms with Crippen LogP contribution in [0.3, 0.4) is 0 Å². The summed E-state index contributed by atoms with van der Waals surface area (Å²) in [5.74, 6) is 2.13. The Kier molecular flexibility index (Phi) is 7.85. The fourth-order valence-corrected chi connectivity index (χ4v) is 5.43. The maximum absolute atomic E-state index is 13.6. The minimum absolute atomic E-state index is 0.0397. The van der Waals surface area contributed by atoms with Crippen LogP contribution < -0.4 is 9.47 Å². The van der Waals surface area contributed by atoms with Crippen LogP contribution in [0.5, 0.6) is 11.5 Å². The van der Waals surface area contributed by atoms with Crippen LogP contribution in [0.2, 0.25) is 0 Å². The summed E-state index contributed by atoms with van der Waals surface area (Å²) in [4.78, 5) is 15.9. The third-order valence-corrected chi connectivity index (χ3v) is 7.50. The van der Waals surface area contributed by atoms with E-state index in [1.54, 1.807) is 19.2 Å². The Bertz CT molecular complexity index is 1220. The highest BCUT2D eigenvalue weighted by Crippen LogP contribution is 2.36. The molecule has 192 valence electrons. The molecule has 0 radical (unpaired) electrons. The van der Waals surface area contributed by atoms with Crippen molar-refractivity contribution >= 4 is 11.6 Å². The van der Waals surface area contributed by atoms with Gasteiger partial charge in [0.05, 0.1) is 32.5 Å². The second-order valence-corrected chi connectivity index (χ2v) is 9.89. The van der Waals surface area contributed by atoms with Crippen molar-refractivity contribution in [3.63, 3.8) is 0 Å². The van der Waals surface area contributed by atoms with Crippen molar-refractivity contribution < 1.29 is 14.3 Å². The van der Waals surface area contributed by atoms with Gasteiger partial charge in [0.15, 0.2) is 0 Å². The van der Waals surface area contributed by atoms with Gasteiger partial charge in [0.2, 0.25) is 0 Å². The Hall–Kier alpha value is -3.64. The molecule has 5 rings (SSSR count). The van der Waals surface area contributed by atoms with E-state index < -0.39 is 0 Å². The van der Waals surface area contributed by atoms with Gasteiger partial charge in [-0.2, -0.15) is 5.10 Å². The number of hydrogen-bond acceptors (Lipinski definition) is 5. The number of ether oxygens (including phenoxy) is 2. The van der Waals surface area contributed by atoms with Crippen LogP contribution in [0.25, 0.3) is 0 Å². The van der Waals surface area contributed by atoms with Gasteiger partial charge in [0.1, 0.15) is 11.5 Å². The quantitative estimate of drug-likeness (QED) is 0.422. The SMILES string of the molecule is COc1ccc(C2=NN(C(=O)CN3CCC(Cc4ccccc4)CC3)[C@H](c3ccccc3)C2)c(OC)c1. The van der Waals surface area contributed by atoms with Gasteiger partial charge in [-0.15, -0.1) is 0 Å². The first-order valence-corrected chi connectivity index (χ1v) is 13.1. The van der Waals surface area contributed by atoms with Crippen LogP contribution >= 0.6 is 0 Å². The van der Waals surface area contributed by atoms with Crippen molar-refractivity contribution in [1.82, 2.24) is 9.91 Å². The number of rotatable bonds is 8. The first kappa shape index (κ1) is 25.0. The molecule has 1 saturated heterocycles. The Labute approximate surface area is 219 Å². The molecule has 2 aliphatic heterocycles. The fraction of sp³-hybridized carbons (Fsp3) is 0.355. The molecule has 0 spiro atoms. The normalized spacial score (nSPS) is 18.5. The van der Waals surface area contributed by atoms with E-state index in [1.165, 1.54) is 5.56 Å². The van der Waals surface area contributed by atoms with Gasteiger partial charge in [-0.1, -0.05) is 60.7 Å². The number of hydrogen-bond donors (Lipinski definition) is 0. The molecule has 0 aliphatic carbocycles. The van der Waals surface area contributed by atoms with E-state index in [4.69, 9.17) is 14.6 Å². The number of hydrazone groups is 1. The van der Waals surface area contributed by atoms with Crippen LogP contribution in [0, 0.1) is 5.92 Å². The molecule has 2 heterocycles. The van der Waals surface area contributed by atoms with E-state index in [1.807, 2.05) is 36.4 Å². The molecule has 6 heteroatoms. The topological polar surface area (TPSA) is 54.4 Å². The molecule has 1 amide bonds. The van der Waals surface area contributed by atoms with Gasteiger partial charge in [0.25, 0.3) is 5.91 Å². The third kappa shape index (κ3) is 5.86. The summed E-state index contributed by atoms with van der Waals surface area (Å²) in [6, 6.07) is 26.5. The first-order valence-electron chi connectivity index (χ1n) is 13.1. The van der Waals surface area contributed by atoms with Gasteiger partial charge >= 0.3 is 0 Å². The highest BCUT2D eigenvalue weighted by molar-refractivity contribution is 6.05. The number of nitrogens with zero attached hydrogens (tertiary/aromatic N) is 3. The molecular formula is C31H35N3O3. The molecule has 1 atom stereocenters. The zero-order chi connectivity index (χ0) is 25.6. The summed E-state index contributed by atoms with van der Waals surface area (Å²) < 4.78 is 11.0. The molecule has 0 saturated carbocycles. The molecule has 0 unspecified atom stereocenters. The van der Waals surface area contributed by atoms with Crippen LogP contribution in [-0.4, -0.2) is 55.4 Å². The molecule has 3 aromatic carbocycles. The lowest BCUT2D eigenvalue weighted by Crippen LogP contribution is -2.42. The number of piperidine rings is 1. The molecule has 0 bridgehead atoms. The summed E-state index contributed by atoms with van der Waals surface area (Å²) in [6.45, 7) is 2.27. The molecular weight excluding hydrogens is 462 g/mol. The van der Waals surface area contributed by atoms with Gasteiger partial charge in [-0.3, -0.25) is 9.69 Å². The summed E-state index contributed by atoms with van der Waals surface area (Å²) in [5, 5.41) is 6.57. The first-order chi connectivity index (χ1) is 18.1. The van der Waals surface area contributed by atoms with Crippen molar-refractivity contribution in [2.45, 2.75) is 31.7 Å². The van der Waals surface area contributed by atoms with Crippen LogP contribution in [0.15, 0.2) is 84.0 Å². The van der Waals surface area contributed by atoms with Crippen LogP contribution in [0.1, 0.15) is 42.0 Å². The summed E-state index contributed by atoms with van der Waals surface area (Å²) in [7, 11) is 3.28. The monoisotopic (exact) mass is 497 g/mol. The highest BCUT2D eigenvalue weighted by Gasteiger charge is 2.35. The number of methoxy groups -OCH3 is 2. The molecule has 1 fully saturated rings. The van der Waals surface area contributed by atoms with E-state index >= 15 is 0 Å².